The van der Waals surface area contributed by atoms with E-state index in [-0.39, 0.29) is 6.04 Å². The van der Waals surface area contributed by atoms with Gasteiger partial charge >= 0.3 is 5.97 Å². The van der Waals surface area contributed by atoms with Crippen molar-refractivity contribution in [2.24, 2.45) is 0 Å². The van der Waals surface area contributed by atoms with Crippen LogP contribution in [0.15, 0.2) is 0 Å². The van der Waals surface area contributed by atoms with E-state index in [1.165, 1.54) is 0 Å². The Morgan fingerprint density at radius 1 is 1.57 bits per heavy atom. The maximum absolute atomic E-state index is 10.9. The average molecular weight is 202 g/mol. The van der Waals surface area contributed by atoms with E-state index in [0.717, 1.165) is 19.6 Å². The maximum Gasteiger partial charge on any atom is 0.322 e. The van der Waals surface area contributed by atoms with Crippen molar-refractivity contribution in [1.82, 2.24) is 9.80 Å². The quantitative estimate of drug-likeness (QED) is 0.655. The molecule has 1 unspecified atom stereocenters. The van der Waals surface area contributed by atoms with Gasteiger partial charge in [-0.15, -0.1) is 0 Å². The predicted molar refractivity (Wildman–Crippen MR) is 52.4 cm³/mol. The second-order valence-electron chi connectivity index (χ2n) is 3.63. The molecule has 0 bridgehead atoms. The fourth-order valence-electron chi connectivity index (χ4n) is 1.62. The van der Waals surface area contributed by atoms with Gasteiger partial charge < -0.3 is 9.84 Å². The van der Waals surface area contributed by atoms with Gasteiger partial charge in [-0.1, -0.05) is 0 Å². The van der Waals surface area contributed by atoms with E-state index in [2.05, 4.69) is 4.90 Å². The van der Waals surface area contributed by atoms with Crippen LogP contribution in [0, 0.1) is 0 Å². The molecular weight excluding hydrogens is 184 g/mol. The van der Waals surface area contributed by atoms with Gasteiger partial charge in [0.1, 0.15) is 6.04 Å². The Bertz CT molecular complexity index is 196. The smallest absolute Gasteiger partial charge is 0.322 e. The van der Waals surface area contributed by atoms with Crippen LogP contribution in [0.1, 0.15) is 0 Å². The second kappa shape index (κ2) is 5.29. The molecule has 0 radical (unpaired) electrons. The molecule has 1 heterocycles. The Balaban J connectivity index is 2.41. The van der Waals surface area contributed by atoms with Crippen molar-refractivity contribution in [1.29, 1.82) is 0 Å². The lowest BCUT2D eigenvalue weighted by atomic mass is 10.2. The van der Waals surface area contributed by atoms with Crippen molar-refractivity contribution in [2.75, 3.05) is 46.9 Å². The molecule has 14 heavy (non-hydrogen) atoms. The molecular formula is C9H18N2O3. The number of aliphatic carboxylic acids is 1. The van der Waals surface area contributed by atoms with Crippen LogP contribution in [-0.2, 0) is 9.53 Å². The fourth-order valence-corrected chi connectivity index (χ4v) is 1.62. The molecule has 1 atom stereocenters. The van der Waals surface area contributed by atoms with Crippen molar-refractivity contribution >= 4 is 5.97 Å². The van der Waals surface area contributed by atoms with Gasteiger partial charge in [0.25, 0.3) is 0 Å². The van der Waals surface area contributed by atoms with E-state index in [0.29, 0.717) is 13.2 Å². The predicted octanol–water partition coefficient (Wildman–Crippen LogP) is -0.667. The first kappa shape index (κ1) is 11.4. The number of carbonyl (C=O) groups is 1. The van der Waals surface area contributed by atoms with Crippen LogP contribution < -0.4 is 0 Å². The van der Waals surface area contributed by atoms with Crippen molar-refractivity contribution in [3.8, 4) is 0 Å². The van der Waals surface area contributed by atoms with Gasteiger partial charge in [-0.2, -0.15) is 0 Å². The summed E-state index contributed by atoms with van der Waals surface area (Å²) in [4.78, 5) is 14.9. The molecule has 5 nitrogen and oxygen atoms in total. The van der Waals surface area contributed by atoms with E-state index in [1.807, 2.05) is 11.9 Å². The van der Waals surface area contributed by atoms with Gasteiger partial charge in [0.2, 0.25) is 0 Å². The summed E-state index contributed by atoms with van der Waals surface area (Å²) in [5.41, 5.74) is 0. The summed E-state index contributed by atoms with van der Waals surface area (Å²) in [6.07, 6.45) is 0. The highest BCUT2D eigenvalue weighted by Gasteiger charge is 2.29. The van der Waals surface area contributed by atoms with E-state index >= 15 is 0 Å². The molecule has 1 rings (SSSR count). The highest BCUT2D eigenvalue weighted by atomic mass is 16.5. The zero-order chi connectivity index (χ0) is 10.6. The lowest BCUT2D eigenvalue weighted by molar-refractivity contribution is -0.145. The molecule has 0 spiro atoms. The van der Waals surface area contributed by atoms with E-state index in [1.54, 1.807) is 7.11 Å². The van der Waals surface area contributed by atoms with Crippen LogP contribution in [0.2, 0.25) is 0 Å². The summed E-state index contributed by atoms with van der Waals surface area (Å²) >= 11 is 0. The van der Waals surface area contributed by atoms with Crippen molar-refractivity contribution < 1.29 is 14.6 Å². The molecule has 1 fully saturated rings. The minimum absolute atomic E-state index is 0.374. The Morgan fingerprint density at radius 3 is 2.86 bits per heavy atom. The highest BCUT2D eigenvalue weighted by Crippen LogP contribution is 2.07. The van der Waals surface area contributed by atoms with Crippen LogP contribution >= 0.6 is 0 Å². The number of likely N-dealkylation sites (N-methyl/N-ethyl adjacent to an activating group) is 1. The fraction of sp³-hybridized carbons (Fsp3) is 0.889. The molecule has 1 aliphatic heterocycles. The summed E-state index contributed by atoms with van der Waals surface area (Å²) in [7, 11) is 3.51. The Hall–Kier alpha value is -0.650. The molecule has 0 saturated carbocycles. The van der Waals surface area contributed by atoms with Crippen molar-refractivity contribution in [3.05, 3.63) is 0 Å². The molecule has 0 aromatic carbocycles. The number of ether oxygens (including phenoxy) is 1. The molecule has 82 valence electrons. The number of carboxylic acids is 1. The van der Waals surface area contributed by atoms with Gasteiger partial charge in [-0.25, -0.2) is 0 Å². The number of methoxy groups -OCH3 is 1. The van der Waals surface area contributed by atoms with Crippen LogP contribution in [0.3, 0.4) is 0 Å². The number of carboxylic acid groups (broad SMARTS) is 1. The maximum atomic E-state index is 10.9. The lowest BCUT2D eigenvalue weighted by Crippen LogP contribution is -2.55. The lowest BCUT2D eigenvalue weighted by Gasteiger charge is -2.36. The Kier molecular flexibility index (Phi) is 4.31. The van der Waals surface area contributed by atoms with Crippen molar-refractivity contribution in [3.63, 3.8) is 0 Å². The minimum atomic E-state index is -0.741. The minimum Gasteiger partial charge on any atom is -0.480 e. The SMILES string of the molecule is COCCN1CCN(C)C(C(=O)O)C1. The summed E-state index contributed by atoms with van der Waals surface area (Å²) in [5, 5.41) is 8.95. The number of hydrogen-bond donors (Lipinski definition) is 1. The zero-order valence-electron chi connectivity index (χ0n) is 8.77. The normalized spacial score (nSPS) is 25.1. The molecule has 1 aliphatic rings. The van der Waals surface area contributed by atoms with E-state index in [4.69, 9.17) is 9.84 Å². The van der Waals surface area contributed by atoms with Gasteiger partial charge in [0, 0.05) is 33.3 Å². The summed E-state index contributed by atoms with van der Waals surface area (Å²) < 4.78 is 4.96. The number of nitrogens with zero attached hydrogens (tertiary/aromatic N) is 2. The topological polar surface area (TPSA) is 53.0 Å². The van der Waals surface area contributed by atoms with Gasteiger partial charge in [-0.05, 0) is 7.05 Å². The first-order valence-electron chi connectivity index (χ1n) is 4.79. The average Bonchev–Trinajstić information content (AvgIpc) is 2.16. The molecule has 5 heteroatoms. The van der Waals surface area contributed by atoms with Crippen LogP contribution in [0.5, 0.6) is 0 Å². The third-order valence-electron chi connectivity index (χ3n) is 2.63. The molecule has 0 aromatic rings. The zero-order valence-corrected chi connectivity index (χ0v) is 8.77. The van der Waals surface area contributed by atoms with Gasteiger partial charge in [-0.3, -0.25) is 14.6 Å². The first-order chi connectivity index (χ1) is 6.65. The molecule has 1 N–H and O–H groups in total. The standard InChI is InChI=1S/C9H18N2O3/c1-10-3-4-11(5-6-14-2)7-8(10)9(12)13/h8H,3-7H2,1-2H3,(H,12,13). The molecule has 0 aromatic heterocycles. The van der Waals surface area contributed by atoms with Crippen LogP contribution in [0.4, 0.5) is 0 Å². The molecule has 1 saturated heterocycles. The van der Waals surface area contributed by atoms with E-state index < -0.39 is 5.97 Å². The van der Waals surface area contributed by atoms with Crippen LogP contribution in [-0.4, -0.2) is 73.9 Å². The number of piperazine rings is 1. The number of hydrogen-bond acceptors (Lipinski definition) is 4. The third-order valence-corrected chi connectivity index (χ3v) is 2.63. The van der Waals surface area contributed by atoms with Crippen molar-refractivity contribution in [2.45, 2.75) is 6.04 Å². The number of rotatable bonds is 4. The summed E-state index contributed by atoms with van der Waals surface area (Å²) in [6, 6.07) is -0.374. The Morgan fingerprint density at radius 2 is 2.29 bits per heavy atom. The summed E-state index contributed by atoms with van der Waals surface area (Å²) in [6.45, 7) is 3.80. The monoisotopic (exact) mass is 202 g/mol. The second-order valence-corrected chi connectivity index (χ2v) is 3.63. The Labute approximate surface area is 84.2 Å². The van der Waals surface area contributed by atoms with E-state index in [9.17, 15) is 4.79 Å². The van der Waals surface area contributed by atoms with Gasteiger partial charge in [0.15, 0.2) is 0 Å². The molecule has 0 aliphatic carbocycles. The molecule has 0 amide bonds. The van der Waals surface area contributed by atoms with Gasteiger partial charge in [0.05, 0.1) is 6.61 Å². The summed E-state index contributed by atoms with van der Waals surface area (Å²) in [5.74, 6) is -0.741. The highest BCUT2D eigenvalue weighted by molar-refractivity contribution is 5.73. The largest absolute Gasteiger partial charge is 0.480 e. The van der Waals surface area contributed by atoms with Crippen LogP contribution in [0.25, 0.3) is 0 Å². The first-order valence-corrected chi connectivity index (χ1v) is 4.79. The third kappa shape index (κ3) is 2.94.